The molecule has 0 N–H and O–H groups in total. The topological polar surface area (TPSA) is 67.8 Å². The van der Waals surface area contributed by atoms with Crippen molar-refractivity contribution < 1.29 is 14.3 Å². The molecule has 2 heterocycles. The Labute approximate surface area is 201 Å². The molecule has 178 valence electrons. The Morgan fingerprint density at radius 1 is 0.824 bits per heavy atom. The van der Waals surface area contributed by atoms with Crippen LogP contribution >= 0.6 is 0 Å². The predicted octanol–water partition coefficient (Wildman–Crippen LogP) is 4.52. The Morgan fingerprint density at radius 2 is 1.56 bits per heavy atom. The van der Waals surface area contributed by atoms with Crippen LogP contribution in [0.1, 0.15) is 35.3 Å². The Hall–Kier alpha value is -3.61. The van der Waals surface area contributed by atoms with E-state index in [4.69, 9.17) is 9.47 Å². The number of hydrogen-bond donors (Lipinski definition) is 0. The fraction of sp³-hybridized carbons (Fsp3) is 0.370. The largest absolute Gasteiger partial charge is 0.490 e. The first-order valence-corrected chi connectivity index (χ1v) is 11.9. The maximum atomic E-state index is 13.1. The Kier molecular flexibility index (Phi) is 7.30. The first-order chi connectivity index (χ1) is 16.5. The van der Waals surface area contributed by atoms with Gasteiger partial charge in [-0.05, 0) is 75.2 Å². The summed E-state index contributed by atoms with van der Waals surface area (Å²) in [5.74, 6) is 2.10. The molecule has 34 heavy (non-hydrogen) atoms. The van der Waals surface area contributed by atoms with Gasteiger partial charge >= 0.3 is 0 Å². The van der Waals surface area contributed by atoms with Crippen molar-refractivity contribution in [2.24, 2.45) is 0 Å². The van der Waals surface area contributed by atoms with Crippen LogP contribution in [0, 0.1) is 13.8 Å². The fourth-order valence-corrected chi connectivity index (χ4v) is 4.05. The third kappa shape index (κ3) is 5.14. The normalized spacial score (nSPS) is 13.6. The van der Waals surface area contributed by atoms with Crippen LogP contribution in [0.25, 0.3) is 11.3 Å². The van der Waals surface area contributed by atoms with Gasteiger partial charge in [-0.2, -0.15) is 0 Å². The molecule has 0 unspecified atom stereocenters. The molecule has 3 aromatic rings. The number of carbonyl (C=O) groups excluding carboxylic acids is 1. The summed E-state index contributed by atoms with van der Waals surface area (Å²) in [5.41, 5.74) is 5.05. The average Bonchev–Trinajstić information content (AvgIpc) is 2.87. The molecule has 4 rings (SSSR count). The van der Waals surface area contributed by atoms with Gasteiger partial charge in [0.1, 0.15) is 0 Å². The highest BCUT2D eigenvalue weighted by atomic mass is 16.5. The van der Waals surface area contributed by atoms with Crippen LogP contribution in [0.2, 0.25) is 0 Å². The van der Waals surface area contributed by atoms with Gasteiger partial charge in [0.15, 0.2) is 17.3 Å². The monoisotopic (exact) mass is 460 g/mol. The summed E-state index contributed by atoms with van der Waals surface area (Å²) in [4.78, 5) is 17.1. The SMILES string of the molecule is CCOc1ccc(C(=O)N2CCN(c3ccc(-c4ccc(C)c(C)c4)nn3)CC2)cc1OCC. The van der Waals surface area contributed by atoms with Crippen molar-refractivity contribution in [1.82, 2.24) is 15.1 Å². The van der Waals surface area contributed by atoms with Crippen molar-refractivity contribution in [1.29, 1.82) is 0 Å². The van der Waals surface area contributed by atoms with Gasteiger partial charge in [-0.15, -0.1) is 10.2 Å². The van der Waals surface area contributed by atoms with Crippen molar-refractivity contribution >= 4 is 11.7 Å². The van der Waals surface area contributed by atoms with Crippen LogP contribution < -0.4 is 14.4 Å². The highest BCUT2D eigenvalue weighted by molar-refractivity contribution is 5.95. The summed E-state index contributed by atoms with van der Waals surface area (Å²) in [6, 6.07) is 15.7. The van der Waals surface area contributed by atoms with E-state index >= 15 is 0 Å². The van der Waals surface area contributed by atoms with Crippen molar-refractivity contribution in [3.63, 3.8) is 0 Å². The minimum absolute atomic E-state index is 0.000162. The molecule has 2 aromatic carbocycles. The second-order valence-electron chi connectivity index (χ2n) is 8.38. The van der Waals surface area contributed by atoms with E-state index in [1.54, 1.807) is 12.1 Å². The molecule has 1 aromatic heterocycles. The summed E-state index contributed by atoms with van der Waals surface area (Å²) < 4.78 is 11.3. The summed E-state index contributed by atoms with van der Waals surface area (Å²) in [6.07, 6.45) is 0. The number of aryl methyl sites for hydroxylation is 2. The number of nitrogens with zero attached hydrogens (tertiary/aromatic N) is 4. The van der Waals surface area contributed by atoms with E-state index in [1.165, 1.54) is 11.1 Å². The van der Waals surface area contributed by atoms with Gasteiger partial charge in [-0.3, -0.25) is 4.79 Å². The van der Waals surface area contributed by atoms with Gasteiger partial charge in [0, 0.05) is 37.3 Å². The number of benzene rings is 2. The zero-order valence-electron chi connectivity index (χ0n) is 20.4. The molecule has 1 saturated heterocycles. The van der Waals surface area contributed by atoms with Gasteiger partial charge in [-0.1, -0.05) is 12.1 Å². The van der Waals surface area contributed by atoms with Crippen LogP contribution in [-0.2, 0) is 0 Å². The third-order valence-electron chi connectivity index (χ3n) is 6.13. The fourth-order valence-electron chi connectivity index (χ4n) is 4.05. The molecular weight excluding hydrogens is 428 g/mol. The molecule has 7 heteroatoms. The van der Waals surface area contributed by atoms with Crippen molar-refractivity contribution in [2.75, 3.05) is 44.3 Å². The molecule has 0 bridgehead atoms. The van der Waals surface area contributed by atoms with Crippen LogP contribution in [0.15, 0.2) is 48.5 Å². The zero-order chi connectivity index (χ0) is 24.1. The van der Waals surface area contributed by atoms with Crippen molar-refractivity contribution in [3.8, 4) is 22.8 Å². The molecule has 0 aliphatic carbocycles. The van der Waals surface area contributed by atoms with Crippen molar-refractivity contribution in [3.05, 3.63) is 65.2 Å². The van der Waals surface area contributed by atoms with E-state index < -0.39 is 0 Å². The van der Waals surface area contributed by atoms with E-state index in [9.17, 15) is 4.79 Å². The van der Waals surface area contributed by atoms with Gasteiger partial charge in [-0.25, -0.2) is 0 Å². The standard InChI is InChI=1S/C27H32N4O3/c1-5-33-24-11-9-22(18-25(24)34-6-2)27(32)31-15-13-30(14-16-31)26-12-10-23(28-29-26)21-8-7-19(3)20(4)17-21/h7-12,17-18H,5-6,13-16H2,1-4H3. The number of carbonyl (C=O) groups is 1. The summed E-state index contributed by atoms with van der Waals surface area (Å²) in [6.45, 7) is 11.8. The Morgan fingerprint density at radius 3 is 2.21 bits per heavy atom. The molecule has 1 fully saturated rings. The lowest BCUT2D eigenvalue weighted by atomic mass is 10.0. The average molecular weight is 461 g/mol. The van der Waals surface area contributed by atoms with E-state index in [2.05, 4.69) is 47.1 Å². The Bertz CT molecular complexity index is 1140. The number of anilines is 1. The van der Waals surface area contributed by atoms with E-state index in [1.807, 2.05) is 36.9 Å². The molecule has 1 aliphatic heterocycles. The molecule has 7 nitrogen and oxygen atoms in total. The van der Waals surface area contributed by atoms with Gasteiger partial charge in [0.25, 0.3) is 5.91 Å². The number of aromatic nitrogens is 2. The summed E-state index contributed by atoms with van der Waals surface area (Å²) >= 11 is 0. The molecule has 1 amide bonds. The van der Waals surface area contributed by atoms with Gasteiger partial charge in [0.2, 0.25) is 0 Å². The number of amides is 1. The summed E-state index contributed by atoms with van der Waals surface area (Å²) in [5, 5.41) is 8.91. The smallest absolute Gasteiger partial charge is 0.254 e. The third-order valence-corrected chi connectivity index (χ3v) is 6.13. The molecule has 0 atom stereocenters. The lowest BCUT2D eigenvalue weighted by molar-refractivity contribution is 0.0746. The van der Waals surface area contributed by atoms with Crippen LogP contribution in [0.4, 0.5) is 5.82 Å². The van der Waals surface area contributed by atoms with Gasteiger partial charge < -0.3 is 19.3 Å². The molecule has 1 aliphatic rings. The highest BCUT2D eigenvalue weighted by Crippen LogP contribution is 2.29. The Balaban J connectivity index is 1.39. The lowest BCUT2D eigenvalue weighted by Gasteiger charge is -2.35. The number of ether oxygens (including phenoxy) is 2. The van der Waals surface area contributed by atoms with E-state index in [0.29, 0.717) is 56.5 Å². The van der Waals surface area contributed by atoms with Crippen LogP contribution in [0.5, 0.6) is 11.5 Å². The first-order valence-electron chi connectivity index (χ1n) is 11.9. The first kappa shape index (κ1) is 23.5. The minimum atomic E-state index is -0.000162. The van der Waals surface area contributed by atoms with E-state index in [0.717, 1.165) is 17.1 Å². The zero-order valence-corrected chi connectivity index (χ0v) is 20.4. The second-order valence-corrected chi connectivity index (χ2v) is 8.38. The van der Waals surface area contributed by atoms with Gasteiger partial charge in [0.05, 0.1) is 18.9 Å². The highest BCUT2D eigenvalue weighted by Gasteiger charge is 2.24. The maximum absolute atomic E-state index is 13.1. The number of rotatable bonds is 7. The number of piperazine rings is 1. The van der Waals surface area contributed by atoms with Crippen molar-refractivity contribution in [2.45, 2.75) is 27.7 Å². The molecule has 0 radical (unpaired) electrons. The predicted molar refractivity (Wildman–Crippen MR) is 134 cm³/mol. The molecule has 0 saturated carbocycles. The molecule has 0 spiro atoms. The van der Waals surface area contributed by atoms with Crippen LogP contribution in [-0.4, -0.2) is 60.4 Å². The lowest BCUT2D eigenvalue weighted by Crippen LogP contribution is -2.49. The quantitative estimate of drug-likeness (QED) is 0.516. The van der Waals surface area contributed by atoms with Crippen LogP contribution in [0.3, 0.4) is 0 Å². The minimum Gasteiger partial charge on any atom is -0.490 e. The second kappa shape index (κ2) is 10.5. The van der Waals surface area contributed by atoms with E-state index in [-0.39, 0.29) is 5.91 Å². The maximum Gasteiger partial charge on any atom is 0.254 e. The summed E-state index contributed by atoms with van der Waals surface area (Å²) in [7, 11) is 0. The molecular formula is C27H32N4O3. The number of hydrogen-bond acceptors (Lipinski definition) is 6.